The summed E-state index contributed by atoms with van der Waals surface area (Å²) in [6.07, 6.45) is 2.53. The lowest BCUT2D eigenvalue weighted by Crippen LogP contribution is -2.52. The highest BCUT2D eigenvalue weighted by Crippen LogP contribution is 2.40. The van der Waals surface area contributed by atoms with Crippen molar-refractivity contribution in [3.05, 3.63) is 35.9 Å². The van der Waals surface area contributed by atoms with E-state index in [2.05, 4.69) is 39.2 Å². The molecule has 0 heterocycles. The van der Waals surface area contributed by atoms with Crippen LogP contribution in [0.3, 0.4) is 0 Å². The topological polar surface area (TPSA) is 58.6 Å². The molecule has 1 amide bonds. The molecule has 1 unspecified atom stereocenters. The molecular weight excluding hydrogens is 342 g/mol. The van der Waals surface area contributed by atoms with E-state index in [0.717, 1.165) is 18.4 Å². The van der Waals surface area contributed by atoms with E-state index in [1.54, 1.807) is 0 Å². The molecule has 5 heteroatoms. The maximum atomic E-state index is 12.7. The summed E-state index contributed by atoms with van der Waals surface area (Å²) >= 11 is 0. The summed E-state index contributed by atoms with van der Waals surface area (Å²) in [5.41, 5.74) is -0.240. The summed E-state index contributed by atoms with van der Waals surface area (Å²) < 4.78 is 6.46. The Balaban J connectivity index is 1.91. The number of amides is 1. The van der Waals surface area contributed by atoms with Gasteiger partial charge in [0, 0.05) is 6.10 Å². The van der Waals surface area contributed by atoms with E-state index >= 15 is 0 Å². The van der Waals surface area contributed by atoms with Gasteiger partial charge in [-0.25, -0.2) is 0 Å². The number of carbonyl (C=O) groups excluding carboxylic acids is 1. The van der Waals surface area contributed by atoms with Gasteiger partial charge in [0.1, 0.15) is 5.60 Å². The molecule has 0 aromatic heterocycles. The number of hydrogen-bond acceptors (Lipinski definition) is 3. The Bertz CT molecular complexity index is 601. The Hall–Kier alpha value is -1.17. The normalized spacial score (nSPS) is 25.6. The second-order valence-electron chi connectivity index (χ2n) is 9.21. The van der Waals surface area contributed by atoms with Gasteiger partial charge in [-0.15, -0.1) is 0 Å². The van der Waals surface area contributed by atoms with E-state index in [-0.39, 0.29) is 23.1 Å². The highest BCUT2D eigenvalue weighted by molar-refractivity contribution is 6.74. The van der Waals surface area contributed by atoms with Crippen molar-refractivity contribution in [1.82, 2.24) is 5.32 Å². The second-order valence-corrected chi connectivity index (χ2v) is 14.0. The first-order chi connectivity index (χ1) is 11.9. The van der Waals surface area contributed by atoms with Gasteiger partial charge in [0.2, 0.25) is 0 Å². The van der Waals surface area contributed by atoms with Crippen LogP contribution < -0.4 is 5.32 Å². The minimum Gasteiger partial charge on any atom is -0.414 e. The number of aliphatic hydroxyl groups is 1. The summed E-state index contributed by atoms with van der Waals surface area (Å²) in [5, 5.41) is 14.0. The third kappa shape index (κ3) is 4.96. The largest absolute Gasteiger partial charge is 0.414 e. The number of carbonyl (C=O) groups is 1. The van der Waals surface area contributed by atoms with Crippen LogP contribution in [0, 0.1) is 0 Å². The minimum absolute atomic E-state index is 0.117. The molecule has 1 atom stereocenters. The van der Waals surface area contributed by atoms with Gasteiger partial charge in [-0.3, -0.25) is 4.79 Å². The van der Waals surface area contributed by atoms with E-state index in [1.165, 1.54) is 0 Å². The van der Waals surface area contributed by atoms with Crippen molar-refractivity contribution in [2.24, 2.45) is 0 Å². The third-order valence-electron chi connectivity index (χ3n) is 6.10. The quantitative estimate of drug-likeness (QED) is 0.740. The minimum atomic E-state index is -1.82. The summed E-state index contributed by atoms with van der Waals surface area (Å²) in [5.74, 6) is -0.264. The number of hydrogen-bond donors (Lipinski definition) is 2. The van der Waals surface area contributed by atoms with E-state index < -0.39 is 13.9 Å². The van der Waals surface area contributed by atoms with Crippen LogP contribution in [-0.2, 0) is 9.22 Å². The Morgan fingerprint density at radius 3 is 2.27 bits per heavy atom. The van der Waals surface area contributed by atoms with E-state index in [1.807, 2.05) is 37.3 Å². The molecule has 1 aliphatic carbocycles. The van der Waals surface area contributed by atoms with Gasteiger partial charge in [0.15, 0.2) is 8.32 Å². The molecule has 1 saturated carbocycles. The van der Waals surface area contributed by atoms with Crippen LogP contribution in [0.2, 0.25) is 18.1 Å². The monoisotopic (exact) mass is 377 g/mol. The average Bonchev–Trinajstić information content (AvgIpc) is 2.56. The summed E-state index contributed by atoms with van der Waals surface area (Å²) in [4.78, 5) is 12.7. The maximum Gasteiger partial charge on any atom is 0.252 e. The fourth-order valence-corrected chi connectivity index (χ4v) is 4.59. The van der Waals surface area contributed by atoms with Crippen molar-refractivity contribution in [3.8, 4) is 0 Å². The third-order valence-corrected chi connectivity index (χ3v) is 10.6. The Morgan fingerprint density at radius 1 is 1.23 bits per heavy atom. The van der Waals surface area contributed by atoms with E-state index in [4.69, 9.17) is 4.43 Å². The molecule has 2 N–H and O–H groups in total. The van der Waals surface area contributed by atoms with Crippen molar-refractivity contribution < 1.29 is 14.3 Å². The molecule has 0 radical (unpaired) electrons. The molecule has 1 aromatic carbocycles. The molecule has 0 aliphatic heterocycles. The predicted molar refractivity (Wildman–Crippen MR) is 108 cm³/mol. The van der Waals surface area contributed by atoms with Gasteiger partial charge in [-0.2, -0.15) is 0 Å². The van der Waals surface area contributed by atoms with Crippen LogP contribution in [0.25, 0.3) is 0 Å². The average molecular weight is 378 g/mol. The lowest BCUT2D eigenvalue weighted by atomic mass is 9.82. The lowest BCUT2D eigenvalue weighted by molar-refractivity contribution is -0.145. The zero-order valence-corrected chi connectivity index (χ0v) is 18.1. The number of benzene rings is 1. The molecule has 0 spiro atoms. The molecular formula is C21H35NO3Si. The Labute approximate surface area is 159 Å². The fraction of sp³-hybridized carbons (Fsp3) is 0.667. The Morgan fingerprint density at radius 2 is 1.77 bits per heavy atom. The summed E-state index contributed by atoms with van der Waals surface area (Å²) in [7, 11) is -1.82. The highest BCUT2D eigenvalue weighted by atomic mass is 28.4. The van der Waals surface area contributed by atoms with Crippen LogP contribution in [0.4, 0.5) is 0 Å². The first-order valence-electron chi connectivity index (χ1n) is 9.71. The SMILES string of the molecule is CC(NC(=O)[C@]1(O)CC[C@H](O[Si](C)(C)C(C)(C)C)CC1)c1ccccc1. The van der Waals surface area contributed by atoms with Gasteiger partial charge in [-0.05, 0) is 56.3 Å². The van der Waals surface area contributed by atoms with Crippen LogP contribution in [0.15, 0.2) is 30.3 Å². The molecule has 146 valence electrons. The molecule has 26 heavy (non-hydrogen) atoms. The summed E-state index contributed by atoms with van der Waals surface area (Å²) in [6, 6.07) is 9.72. The first-order valence-corrected chi connectivity index (χ1v) is 12.6. The molecule has 0 bridgehead atoms. The van der Waals surface area contributed by atoms with Crippen LogP contribution >= 0.6 is 0 Å². The van der Waals surface area contributed by atoms with Gasteiger partial charge in [-0.1, -0.05) is 51.1 Å². The Kier molecular flexibility index (Phi) is 6.36. The van der Waals surface area contributed by atoms with Gasteiger partial charge < -0.3 is 14.8 Å². The van der Waals surface area contributed by atoms with Crippen molar-refractivity contribution in [1.29, 1.82) is 0 Å². The second kappa shape index (κ2) is 7.83. The van der Waals surface area contributed by atoms with E-state index in [9.17, 15) is 9.90 Å². The first kappa shape index (κ1) is 21.1. The van der Waals surface area contributed by atoms with Gasteiger partial charge >= 0.3 is 0 Å². The lowest BCUT2D eigenvalue weighted by Gasteiger charge is -2.42. The summed E-state index contributed by atoms with van der Waals surface area (Å²) in [6.45, 7) is 13.2. The molecule has 2 rings (SSSR count). The van der Waals surface area contributed by atoms with Crippen molar-refractivity contribution in [2.75, 3.05) is 0 Å². The predicted octanol–water partition coefficient (Wildman–Crippen LogP) is 4.56. The molecule has 1 aromatic rings. The zero-order chi connectivity index (χ0) is 19.6. The van der Waals surface area contributed by atoms with Gasteiger partial charge in [0.05, 0.1) is 6.04 Å². The van der Waals surface area contributed by atoms with Crippen molar-refractivity contribution in [3.63, 3.8) is 0 Å². The van der Waals surface area contributed by atoms with Crippen LogP contribution in [-0.4, -0.2) is 31.0 Å². The zero-order valence-electron chi connectivity index (χ0n) is 17.1. The fourth-order valence-electron chi connectivity index (χ4n) is 3.16. The number of nitrogens with one attached hydrogen (secondary N) is 1. The van der Waals surface area contributed by atoms with E-state index in [0.29, 0.717) is 12.8 Å². The highest BCUT2D eigenvalue weighted by Gasteiger charge is 2.44. The molecule has 1 fully saturated rings. The molecule has 1 aliphatic rings. The van der Waals surface area contributed by atoms with Crippen LogP contribution in [0.1, 0.15) is 65.0 Å². The van der Waals surface area contributed by atoms with Crippen molar-refractivity contribution >= 4 is 14.2 Å². The van der Waals surface area contributed by atoms with Gasteiger partial charge in [0.25, 0.3) is 5.91 Å². The van der Waals surface area contributed by atoms with Crippen LogP contribution in [0.5, 0.6) is 0 Å². The standard InChI is InChI=1S/C21H35NO3Si/c1-16(17-10-8-7-9-11-17)22-19(23)21(24)14-12-18(13-15-21)25-26(5,6)20(2,3)4/h7-11,16,18,24H,12-15H2,1-6H3,(H,22,23)/t16?,18-,21-. The van der Waals surface area contributed by atoms with Crippen molar-refractivity contribution in [2.45, 2.75) is 89.3 Å². The molecule has 4 nitrogen and oxygen atoms in total. The number of rotatable bonds is 5. The smallest absolute Gasteiger partial charge is 0.252 e. The maximum absolute atomic E-state index is 12.7. The molecule has 0 saturated heterocycles.